The average Bonchev–Trinajstić information content (AvgIpc) is 3.03. The highest BCUT2D eigenvalue weighted by Crippen LogP contribution is 2.31. The van der Waals surface area contributed by atoms with Crippen LogP contribution in [0.5, 0.6) is 0 Å². The van der Waals surface area contributed by atoms with Crippen LogP contribution in [0.3, 0.4) is 0 Å². The molecule has 6 heteroatoms. The molecule has 1 saturated heterocycles. The van der Waals surface area contributed by atoms with Gasteiger partial charge in [-0.1, -0.05) is 12.1 Å². The van der Waals surface area contributed by atoms with Gasteiger partial charge in [-0.05, 0) is 50.1 Å². The van der Waals surface area contributed by atoms with E-state index in [-0.39, 0.29) is 18.3 Å². The average molecular weight is 343 g/mol. The zero-order chi connectivity index (χ0) is 17.8. The predicted molar refractivity (Wildman–Crippen MR) is 91.5 cm³/mol. The van der Waals surface area contributed by atoms with E-state index in [0.717, 1.165) is 48.7 Å². The van der Waals surface area contributed by atoms with Crippen LogP contribution < -0.4 is 0 Å². The molecule has 1 aliphatic rings. The first kappa shape index (κ1) is 17.5. The van der Waals surface area contributed by atoms with E-state index in [2.05, 4.69) is 14.9 Å². The fourth-order valence-corrected chi connectivity index (χ4v) is 3.30. The maximum atomic E-state index is 13.1. The second-order valence-electron chi connectivity index (χ2n) is 6.51. The molecule has 5 nitrogen and oxygen atoms in total. The molecule has 1 aromatic heterocycles. The lowest BCUT2D eigenvalue weighted by Gasteiger charge is -2.24. The van der Waals surface area contributed by atoms with Gasteiger partial charge in [0.05, 0.1) is 12.5 Å². The standard InChI is InChI=1S/C19H22FN3O2/c1-13-11-16(8-9-18(24)25)22-19(21-13)17-3-2-10-23(17)12-14-4-6-15(20)7-5-14/h4-7,11,17H,2-3,8-10,12H2,1H3,(H,24,25). The number of benzene rings is 1. The predicted octanol–water partition coefficient (Wildman–Crippen LogP) is 3.28. The molecule has 1 N–H and O–H groups in total. The molecule has 0 spiro atoms. The van der Waals surface area contributed by atoms with Crippen LogP contribution in [0.25, 0.3) is 0 Å². The number of halogens is 1. The summed E-state index contributed by atoms with van der Waals surface area (Å²) in [7, 11) is 0. The van der Waals surface area contributed by atoms with Gasteiger partial charge in [-0.25, -0.2) is 14.4 Å². The molecule has 1 aliphatic heterocycles. The molecule has 2 heterocycles. The highest BCUT2D eigenvalue weighted by molar-refractivity contribution is 5.66. The summed E-state index contributed by atoms with van der Waals surface area (Å²) in [6.07, 6.45) is 2.52. The Kier molecular flexibility index (Phi) is 5.38. The highest BCUT2D eigenvalue weighted by atomic mass is 19.1. The summed E-state index contributed by atoms with van der Waals surface area (Å²) in [6, 6.07) is 8.54. The smallest absolute Gasteiger partial charge is 0.303 e. The Bertz CT molecular complexity index is 749. The van der Waals surface area contributed by atoms with Crippen LogP contribution in [0.2, 0.25) is 0 Å². The van der Waals surface area contributed by atoms with Gasteiger partial charge in [0.2, 0.25) is 0 Å². The number of aromatic nitrogens is 2. The van der Waals surface area contributed by atoms with Gasteiger partial charge < -0.3 is 5.11 Å². The molecule has 0 radical (unpaired) electrons. The van der Waals surface area contributed by atoms with E-state index in [1.807, 2.05) is 13.0 Å². The normalized spacial score (nSPS) is 17.8. The lowest BCUT2D eigenvalue weighted by atomic mass is 10.1. The quantitative estimate of drug-likeness (QED) is 0.872. The number of carboxylic acid groups (broad SMARTS) is 1. The van der Waals surface area contributed by atoms with Crippen molar-refractivity contribution in [2.75, 3.05) is 6.54 Å². The molecular formula is C19H22FN3O2. The number of likely N-dealkylation sites (tertiary alicyclic amines) is 1. The van der Waals surface area contributed by atoms with Crippen LogP contribution in [0.1, 0.15) is 48.1 Å². The monoisotopic (exact) mass is 343 g/mol. The van der Waals surface area contributed by atoms with Crippen molar-refractivity contribution in [1.29, 1.82) is 0 Å². The van der Waals surface area contributed by atoms with E-state index in [1.165, 1.54) is 12.1 Å². The van der Waals surface area contributed by atoms with Gasteiger partial charge in [-0.3, -0.25) is 9.69 Å². The number of nitrogens with zero attached hydrogens (tertiary/aromatic N) is 3. The van der Waals surface area contributed by atoms with Crippen molar-refractivity contribution in [2.45, 2.75) is 45.2 Å². The number of carboxylic acids is 1. The summed E-state index contributed by atoms with van der Waals surface area (Å²) in [5, 5.41) is 8.87. The van der Waals surface area contributed by atoms with Gasteiger partial charge in [-0.2, -0.15) is 0 Å². The maximum absolute atomic E-state index is 13.1. The second kappa shape index (κ2) is 7.70. The summed E-state index contributed by atoms with van der Waals surface area (Å²) in [5.74, 6) is -0.288. The second-order valence-corrected chi connectivity index (χ2v) is 6.51. The van der Waals surface area contributed by atoms with Crippen molar-refractivity contribution < 1.29 is 14.3 Å². The lowest BCUT2D eigenvalue weighted by molar-refractivity contribution is -0.136. The van der Waals surface area contributed by atoms with Crippen LogP contribution in [0.15, 0.2) is 30.3 Å². The lowest BCUT2D eigenvalue weighted by Crippen LogP contribution is -2.25. The fourth-order valence-electron chi connectivity index (χ4n) is 3.30. The fraction of sp³-hybridized carbons (Fsp3) is 0.421. The minimum atomic E-state index is -0.823. The van der Waals surface area contributed by atoms with E-state index in [9.17, 15) is 9.18 Å². The number of carbonyl (C=O) groups is 1. The number of hydrogen-bond donors (Lipinski definition) is 1. The van der Waals surface area contributed by atoms with Gasteiger partial charge in [0.1, 0.15) is 11.6 Å². The highest BCUT2D eigenvalue weighted by Gasteiger charge is 2.28. The first-order valence-electron chi connectivity index (χ1n) is 8.56. The zero-order valence-electron chi connectivity index (χ0n) is 14.3. The molecule has 1 atom stereocenters. The third-order valence-electron chi connectivity index (χ3n) is 4.48. The van der Waals surface area contributed by atoms with Crippen molar-refractivity contribution in [3.63, 3.8) is 0 Å². The summed E-state index contributed by atoms with van der Waals surface area (Å²) in [4.78, 5) is 22.3. The van der Waals surface area contributed by atoms with Crippen molar-refractivity contribution >= 4 is 5.97 Å². The summed E-state index contributed by atoms with van der Waals surface area (Å²) < 4.78 is 13.1. The maximum Gasteiger partial charge on any atom is 0.303 e. The Morgan fingerprint density at radius 3 is 2.80 bits per heavy atom. The molecule has 25 heavy (non-hydrogen) atoms. The number of rotatable bonds is 6. The first-order chi connectivity index (χ1) is 12.0. The van der Waals surface area contributed by atoms with Crippen molar-refractivity contribution in [1.82, 2.24) is 14.9 Å². The van der Waals surface area contributed by atoms with E-state index < -0.39 is 5.97 Å². The molecule has 0 bridgehead atoms. The van der Waals surface area contributed by atoms with E-state index in [0.29, 0.717) is 6.42 Å². The Hall–Kier alpha value is -2.34. The first-order valence-corrected chi connectivity index (χ1v) is 8.56. The van der Waals surface area contributed by atoms with Crippen LogP contribution in [0.4, 0.5) is 4.39 Å². The van der Waals surface area contributed by atoms with E-state index in [4.69, 9.17) is 5.11 Å². The number of aryl methyl sites for hydroxylation is 2. The van der Waals surface area contributed by atoms with Crippen LogP contribution in [0, 0.1) is 12.7 Å². The number of hydrogen-bond acceptors (Lipinski definition) is 4. The third-order valence-corrected chi connectivity index (χ3v) is 4.48. The summed E-state index contributed by atoms with van der Waals surface area (Å²) in [6.45, 7) is 3.59. The van der Waals surface area contributed by atoms with Crippen molar-refractivity contribution in [3.8, 4) is 0 Å². The Labute approximate surface area is 146 Å². The van der Waals surface area contributed by atoms with Crippen LogP contribution in [-0.2, 0) is 17.8 Å². The summed E-state index contributed by atoms with van der Waals surface area (Å²) >= 11 is 0. The van der Waals surface area contributed by atoms with Crippen LogP contribution >= 0.6 is 0 Å². The van der Waals surface area contributed by atoms with Crippen molar-refractivity contribution in [3.05, 3.63) is 58.9 Å². The Balaban J connectivity index is 1.77. The van der Waals surface area contributed by atoms with Crippen molar-refractivity contribution in [2.24, 2.45) is 0 Å². The van der Waals surface area contributed by atoms with Gasteiger partial charge in [0, 0.05) is 24.4 Å². The Morgan fingerprint density at radius 1 is 1.32 bits per heavy atom. The molecule has 0 amide bonds. The van der Waals surface area contributed by atoms with Gasteiger partial charge in [-0.15, -0.1) is 0 Å². The zero-order valence-corrected chi connectivity index (χ0v) is 14.3. The molecule has 1 fully saturated rings. The number of aliphatic carboxylic acids is 1. The SMILES string of the molecule is Cc1cc(CCC(=O)O)nc(C2CCCN2Cc2ccc(F)cc2)n1. The molecule has 132 valence electrons. The molecule has 2 aromatic rings. The molecular weight excluding hydrogens is 321 g/mol. The summed E-state index contributed by atoms with van der Waals surface area (Å²) in [5.41, 5.74) is 2.70. The molecule has 1 aromatic carbocycles. The Morgan fingerprint density at radius 2 is 2.08 bits per heavy atom. The van der Waals surface area contributed by atoms with E-state index >= 15 is 0 Å². The molecule has 0 aliphatic carbocycles. The minimum Gasteiger partial charge on any atom is -0.481 e. The topological polar surface area (TPSA) is 66.3 Å². The van der Waals surface area contributed by atoms with Gasteiger partial charge in [0.15, 0.2) is 0 Å². The minimum absolute atomic E-state index is 0.0693. The van der Waals surface area contributed by atoms with Crippen LogP contribution in [-0.4, -0.2) is 32.5 Å². The molecule has 0 saturated carbocycles. The van der Waals surface area contributed by atoms with Gasteiger partial charge >= 0.3 is 5.97 Å². The van der Waals surface area contributed by atoms with E-state index in [1.54, 1.807) is 12.1 Å². The molecule has 3 rings (SSSR count). The van der Waals surface area contributed by atoms with Gasteiger partial charge in [0.25, 0.3) is 0 Å². The molecule has 1 unspecified atom stereocenters. The third kappa shape index (κ3) is 4.60. The largest absolute Gasteiger partial charge is 0.481 e.